The molecule has 0 saturated carbocycles. The summed E-state index contributed by atoms with van der Waals surface area (Å²) >= 11 is 0. The number of morpholine rings is 1. The van der Waals surface area contributed by atoms with Crippen molar-refractivity contribution >= 4 is 18.4 Å². The van der Waals surface area contributed by atoms with Crippen LogP contribution in [0.4, 0.5) is 0 Å². The maximum Gasteiger partial charge on any atom is 0.306 e. The fourth-order valence-corrected chi connectivity index (χ4v) is 1.60. The lowest BCUT2D eigenvalue weighted by molar-refractivity contribution is -0.146. The number of nitrogens with zero attached hydrogens (tertiary/aromatic N) is 1. The molecule has 0 N–H and O–H groups in total. The largest absolute Gasteiger partial charge is 0.464 e. The molecule has 0 bridgehead atoms. The predicted octanol–water partition coefficient (Wildman–Crippen LogP) is 1.72. The predicted molar refractivity (Wildman–Crippen MR) is 69.5 cm³/mol. The lowest BCUT2D eigenvalue weighted by Gasteiger charge is -2.26. The SMILES string of the molecule is CC(C)(C)CC(=O)OCCN1CCOCC1.Cl. The Kier molecular flexibility index (Phi) is 7.75. The quantitative estimate of drug-likeness (QED) is 0.726. The van der Waals surface area contributed by atoms with Crippen molar-refractivity contribution in [3.05, 3.63) is 0 Å². The second kappa shape index (κ2) is 7.90. The van der Waals surface area contributed by atoms with Crippen molar-refractivity contribution in [2.45, 2.75) is 27.2 Å². The van der Waals surface area contributed by atoms with Gasteiger partial charge in [0.2, 0.25) is 0 Å². The molecule has 1 rings (SSSR count). The second-order valence-electron chi connectivity index (χ2n) is 5.41. The molecule has 0 atom stereocenters. The van der Waals surface area contributed by atoms with Gasteiger partial charge in [-0.25, -0.2) is 0 Å². The van der Waals surface area contributed by atoms with Crippen molar-refractivity contribution in [3.8, 4) is 0 Å². The van der Waals surface area contributed by atoms with Crippen molar-refractivity contribution in [1.82, 2.24) is 4.90 Å². The fourth-order valence-electron chi connectivity index (χ4n) is 1.60. The average Bonchev–Trinajstić information content (AvgIpc) is 2.16. The first-order chi connectivity index (χ1) is 7.47. The molecule has 0 aromatic heterocycles. The van der Waals surface area contributed by atoms with Crippen LogP contribution in [0.1, 0.15) is 27.2 Å². The molecule has 1 aliphatic rings. The van der Waals surface area contributed by atoms with Gasteiger partial charge in [-0.1, -0.05) is 20.8 Å². The molecule has 0 unspecified atom stereocenters. The van der Waals surface area contributed by atoms with Gasteiger partial charge in [0.1, 0.15) is 6.61 Å². The van der Waals surface area contributed by atoms with E-state index in [4.69, 9.17) is 9.47 Å². The van der Waals surface area contributed by atoms with Crippen molar-refractivity contribution in [2.24, 2.45) is 5.41 Å². The molecule has 4 nitrogen and oxygen atoms in total. The van der Waals surface area contributed by atoms with E-state index in [1.807, 2.05) is 20.8 Å². The van der Waals surface area contributed by atoms with Gasteiger partial charge in [0, 0.05) is 19.6 Å². The molecule has 17 heavy (non-hydrogen) atoms. The van der Waals surface area contributed by atoms with E-state index >= 15 is 0 Å². The molecular formula is C12H24ClNO3. The van der Waals surface area contributed by atoms with E-state index in [1.54, 1.807) is 0 Å². The highest BCUT2D eigenvalue weighted by molar-refractivity contribution is 5.85. The Morgan fingerprint density at radius 2 is 1.88 bits per heavy atom. The third-order valence-corrected chi connectivity index (χ3v) is 2.45. The topological polar surface area (TPSA) is 38.8 Å². The van der Waals surface area contributed by atoms with Crippen LogP contribution in [0.25, 0.3) is 0 Å². The fraction of sp³-hybridized carbons (Fsp3) is 0.917. The second-order valence-corrected chi connectivity index (χ2v) is 5.41. The summed E-state index contributed by atoms with van der Waals surface area (Å²) in [5.41, 5.74) is 0.00997. The molecule has 1 aliphatic heterocycles. The molecule has 0 aliphatic carbocycles. The number of carbonyl (C=O) groups excluding carboxylic acids is 1. The van der Waals surface area contributed by atoms with E-state index in [-0.39, 0.29) is 23.8 Å². The van der Waals surface area contributed by atoms with Gasteiger partial charge < -0.3 is 9.47 Å². The molecule has 0 spiro atoms. The molecule has 0 aromatic rings. The summed E-state index contributed by atoms with van der Waals surface area (Å²) in [4.78, 5) is 13.7. The Bertz CT molecular complexity index is 222. The minimum Gasteiger partial charge on any atom is -0.464 e. The van der Waals surface area contributed by atoms with Crippen molar-refractivity contribution in [3.63, 3.8) is 0 Å². The van der Waals surface area contributed by atoms with Gasteiger partial charge in [0.05, 0.1) is 19.6 Å². The Morgan fingerprint density at radius 3 is 2.41 bits per heavy atom. The summed E-state index contributed by atoms with van der Waals surface area (Å²) in [6.07, 6.45) is 0.482. The third-order valence-electron chi connectivity index (χ3n) is 2.45. The summed E-state index contributed by atoms with van der Waals surface area (Å²) in [6.45, 7) is 10.9. The Balaban J connectivity index is 0.00000256. The Hall–Kier alpha value is -0.320. The third kappa shape index (κ3) is 8.41. The lowest BCUT2D eigenvalue weighted by atomic mass is 9.93. The van der Waals surface area contributed by atoms with Crippen LogP contribution >= 0.6 is 12.4 Å². The molecule has 1 fully saturated rings. The van der Waals surface area contributed by atoms with Crippen LogP contribution < -0.4 is 0 Å². The number of esters is 1. The van der Waals surface area contributed by atoms with Gasteiger partial charge >= 0.3 is 5.97 Å². The number of carbonyl (C=O) groups is 1. The zero-order valence-corrected chi connectivity index (χ0v) is 11.8. The summed E-state index contributed by atoms with van der Waals surface area (Å²) in [6, 6.07) is 0. The molecule has 102 valence electrons. The van der Waals surface area contributed by atoms with Gasteiger partial charge in [-0.15, -0.1) is 12.4 Å². The van der Waals surface area contributed by atoms with Crippen LogP contribution in [0.2, 0.25) is 0 Å². The van der Waals surface area contributed by atoms with Crippen LogP contribution in [-0.2, 0) is 14.3 Å². The number of rotatable bonds is 4. The van der Waals surface area contributed by atoms with Crippen LogP contribution in [0, 0.1) is 5.41 Å². The molecule has 1 heterocycles. The molecule has 0 aromatic carbocycles. The van der Waals surface area contributed by atoms with Gasteiger partial charge in [-0.05, 0) is 5.41 Å². The normalized spacial score (nSPS) is 17.4. The number of hydrogen-bond acceptors (Lipinski definition) is 4. The maximum atomic E-state index is 11.4. The lowest BCUT2D eigenvalue weighted by Crippen LogP contribution is -2.38. The summed E-state index contributed by atoms with van der Waals surface area (Å²) in [5, 5.41) is 0. The van der Waals surface area contributed by atoms with E-state index in [2.05, 4.69) is 4.90 Å². The minimum atomic E-state index is -0.0965. The standard InChI is InChI=1S/C12H23NO3.ClH/c1-12(2,3)10-11(14)16-9-6-13-4-7-15-8-5-13;/h4-10H2,1-3H3;1H. The monoisotopic (exact) mass is 265 g/mol. The summed E-state index contributed by atoms with van der Waals surface area (Å²) in [7, 11) is 0. The highest BCUT2D eigenvalue weighted by atomic mass is 35.5. The summed E-state index contributed by atoms with van der Waals surface area (Å²) < 4.78 is 10.4. The molecule has 1 saturated heterocycles. The summed E-state index contributed by atoms with van der Waals surface area (Å²) in [5.74, 6) is -0.0965. The number of halogens is 1. The zero-order chi connectivity index (χ0) is 12.0. The first-order valence-corrected chi connectivity index (χ1v) is 5.93. The average molecular weight is 266 g/mol. The highest BCUT2D eigenvalue weighted by Gasteiger charge is 2.17. The molecule has 0 radical (unpaired) electrons. The van der Waals surface area contributed by atoms with E-state index in [0.29, 0.717) is 13.0 Å². The van der Waals surface area contributed by atoms with Crippen LogP contribution in [-0.4, -0.2) is 50.3 Å². The van der Waals surface area contributed by atoms with Crippen molar-refractivity contribution in [2.75, 3.05) is 39.5 Å². The smallest absolute Gasteiger partial charge is 0.306 e. The Labute approximate surface area is 110 Å². The zero-order valence-electron chi connectivity index (χ0n) is 11.0. The number of ether oxygens (including phenoxy) is 2. The highest BCUT2D eigenvalue weighted by Crippen LogP contribution is 2.18. The molecule has 5 heteroatoms. The van der Waals surface area contributed by atoms with Gasteiger partial charge in [0.25, 0.3) is 0 Å². The van der Waals surface area contributed by atoms with Crippen LogP contribution in [0.3, 0.4) is 0 Å². The van der Waals surface area contributed by atoms with E-state index < -0.39 is 0 Å². The van der Waals surface area contributed by atoms with Gasteiger partial charge in [-0.2, -0.15) is 0 Å². The van der Waals surface area contributed by atoms with Crippen LogP contribution in [0.15, 0.2) is 0 Å². The van der Waals surface area contributed by atoms with E-state index in [9.17, 15) is 4.79 Å². The first kappa shape index (κ1) is 16.7. The molecule has 0 amide bonds. The van der Waals surface area contributed by atoms with E-state index in [0.717, 1.165) is 32.8 Å². The minimum absolute atomic E-state index is 0. The molecular weight excluding hydrogens is 242 g/mol. The van der Waals surface area contributed by atoms with Gasteiger partial charge in [0.15, 0.2) is 0 Å². The van der Waals surface area contributed by atoms with Crippen molar-refractivity contribution in [1.29, 1.82) is 0 Å². The van der Waals surface area contributed by atoms with Crippen LogP contribution in [0.5, 0.6) is 0 Å². The Morgan fingerprint density at radius 1 is 1.29 bits per heavy atom. The maximum absolute atomic E-state index is 11.4. The first-order valence-electron chi connectivity index (χ1n) is 5.93. The van der Waals surface area contributed by atoms with Crippen molar-refractivity contribution < 1.29 is 14.3 Å². The van der Waals surface area contributed by atoms with Gasteiger partial charge in [-0.3, -0.25) is 9.69 Å². The van der Waals surface area contributed by atoms with E-state index in [1.165, 1.54) is 0 Å². The number of hydrogen-bond donors (Lipinski definition) is 0.